The van der Waals surface area contributed by atoms with Crippen LogP contribution < -0.4 is 4.74 Å². The van der Waals surface area contributed by atoms with Crippen molar-refractivity contribution in [2.24, 2.45) is 0 Å². The first-order valence-electron chi connectivity index (χ1n) is 6.26. The first-order valence-corrected chi connectivity index (χ1v) is 6.26. The Morgan fingerprint density at radius 1 is 1.15 bits per heavy atom. The molecule has 0 aromatic heterocycles. The minimum Gasteiger partial charge on any atom is -0.497 e. The number of hydrogen-bond acceptors (Lipinski definition) is 4. The maximum absolute atomic E-state index is 12.1. The summed E-state index contributed by atoms with van der Waals surface area (Å²) in [5.41, 5.74) is 0.475. The Hall–Kier alpha value is -2.36. The largest absolute Gasteiger partial charge is 0.497 e. The number of ether oxygens (including phenoxy) is 2. The number of Topliss-reactive ketones (excluding diaryl/α,β-unsaturated/α-hetero) is 1. The van der Waals surface area contributed by atoms with Gasteiger partial charge in [0.15, 0.2) is 6.10 Å². The van der Waals surface area contributed by atoms with Gasteiger partial charge in [-0.05, 0) is 38.1 Å². The molecule has 0 N–H and O–H groups in total. The highest BCUT2D eigenvalue weighted by Crippen LogP contribution is 2.13. The highest BCUT2D eigenvalue weighted by Gasteiger charge is 2.18. The summed E-state index contributed by atoms with van der Waals surface area (Å²) in [5, 5.41) is 0. The maximum Gasteiger partial charge on any atom is 0.331 e. The average molecular weight is 274 g/mol. The van der Waals surface area contributed by atoms with E-state index in [-0.39, 0.29) is 5.78 Å². The second kappa shape index (κ2) is 7.94. The molecule has 0 saturated carbocycles. The van der Waals surface area contributed by atoms with Crippen LogP contribution in [0.3, 0.4) is 0 Å². The molecule has 0 amide bonds. The van der Waals surface area contributed by atoms with Gasteiger partial charge in [-0.2, -0.15) is 0 Å². The van der Waals surface area contributed by atoms with Crippen molar-refractivity contribution >= 4 is 11.8 Å². The summed E-state index contributed by atoms with van der Waals surface area (Å²) in [7, 11) is 1.55. The van der Waals surface area contributed by atoms with Crippen LogP contribution in [-0.2, 0) is 9.53 Å². The normalized spacial score (nSPS) is 12.6. The van der Waals surface area contributed by atoms with Gasteiger partial charge in [-0.3, -0.25) is 4.79 Å². The smallest absolute Gasteiger partial charge is 0.331 e. The quantitative estimate of drug-likeness (QED) is 0.346. The summed E-state index contributed by atoms with van der Waals surface area (Å²) in [5.74, 6) is -0.126. The van der Waals surface area contributed by atoms with Crippen LogP contribution >= 0.6 is 0 Å². The van der Waals surface area contributed by atoms with E-state index in [1.807, 2.05) is 6.92 Å². The summed E-state index contributed by atoms with van der Waals surface area (Å²) in [6, 6.07) is 6.66. The number of carbonyl (C=O) groups excluding carboxylic acids is 2. The van der Waals surface area contributed by atoms with Crippen molar-refractivity contribution in [1.29, 1.82) is 0 Å². The SMILES string of the molecule is C/C=C/C=C/C(=O)O[C@H](C)C(=O)c1ccc(OC)cc1. The maximum atomic E-state index is 12.1. The first-order chi connectivity index (χ1) is 9.58. The van der Waals surface area contributed by atoms with E-state index in [0.29, 0.717) is 11.3 Å². The highest BCUT2D eigenvalue weighted by atomic mass is 16.5. The molecule has 0 bridgehead atoms. The summed E-state index contributed by atoms with van der Waals surface area (Å²) in [4.78, 5) is 23.5. The Morgan fingerprint density at radius 3 is 2.35 bits per heavy atom. The van der Waals surface area contributed by atoms with Crippen molar-refractivity contribution in [3.63, 3.8) is 0 Å². The Labute approximate surface area is 118 Å². The van der Waals surface area contributed by atoms with Crippen LogP contribution in [0.4, 0.5) is 0 Å². The molecule has 0 aliphatic heterocycles. The van der Waals surface area contributed by atoms with Crippen molar-refractivity contribution in [3.05, 3.63) is 54.1 Å². The minimum absolute atomic E-state index is 0.250. The number of ketones is 1. The molecule has 1 atom stereocenters. The lowest BCUT2D eigenvalue weighted by atomic mass is 10.1. The number of allylic oxidation sites excluding steroid dienone is 3. The third kappa shape index (κ3) is 4.72. The van der Waals surface area contributed by atoms with Gasteiger partial charge in [0, 0.05) is 11.6 Å². The molecule has 0 aliphatic carbocycles. The van der Waals surface area contributed by atoms with Crippen molar-refractivity contribution < 1.29 is 19.1 Å². The molecule has 0 spiro atoms. The number of carbonyl (C=O) groups is 2. The van der Waals surface area contributed by atoms with Crippen molar-refractivity contribution in [3.8, 4) is 5.75 Å². The van der Waals surface area contributed by atoms with Crippen LogP contribution in [0.5, 0.6) is 5.75 Å². The van der Waals surface area contributed by atoms with E-state index in [2.05, 4.69) is 0 Å². The summed E-state index contributed by atoms with van der Waals surface area (Å²) < 4.78 is 10.0. The molecule has 0 saturated heterocycles. The minimum atomic E-state index is -0.828. The number of methoxy groups -OCH3 is 1. The molecular weight excluding hydrogens is 256 g/mol. The monoisotopic (exact) mass is 274 g/mol. The van der Waals surface area contributed by atoms with Gasteiger partial charge in [0.05, 0.1) is 7.11 Å². The predicted molar refractivity (Wildman–Crippen MR) is 76.8 cm³/mol. The average Bonchev–Trinajstić information content (AvgIpc) is 2.46. The van der Waals surface area contributed by atoms with E-state index in [1.54, 1.807) is 56.5 Å². The van der Waals surface area contributed by atoms with E-state index < -0.39 is 12.1 Å². The summed E-state index contributed by atoms with van der Waals surface area (Å²) in [6.45, 7) is 3.39. The van der Waals surface area contributed by atoms with Crippen LogP contribution in [0, 0.1) is 0 Å². The molecule has 20 heavy (non-hydrogen) atoms. The van der Waals surface area contributed by atoms with Gasteiger partial charge in [-0.1, -0.05) is 18.2 Å². The summed E-state index contributed by atoms with van der Waals surface area (Å²) in [6.07, 6.45) is 5.50. The van der Waals surface area contributed by atoms with Crippen LogP contribution in [-0.4, -0.2) is 25.0 Å². The van der Waals surface area contributed by atoms with Gasteiger partial charge in [0.1, 0.15) is 5.75 Å². The summed E-state index contributed by atoms with van der Waals surface area (Å²) >= 11 is 0. The van der Waals surface area contributed by atoms with Crippen molar-refractivity contribution in [1.82, 2.24) is 0 Å². The third-order valence-electron chi connectivity index (χ3n) is 2.57. The lowest BCUT2D eigenvalue weighted by Crippen LogP contribution is -2.23. The van der Waals surface area contributed by atoms with Gasteiger partial charge in [-0.25, -0.2) is 4.79 Å². The lowest BCUT2D eigenvalue weighted by Gasteiger charge is -2.11. The van der Waals surface area contributed by atoms with Gasteiger partial charge in [0.25, 0.3) is 0 Å². The second-order valence-electron chi connectivity index (χ2n) is 4.06. The molecule has 0 fully saturated rings. The van der Waals surface area contributed by atoms with E-state index >= 15 is 0 Å². The molecule has 1 aromatic rings. The fourth-order valence-electron chi connectivity index (χ4n) is 1.50. The zero-order chi connectivity index (χ0) is 15.0. The van der Waals surface area contributed by atoms with E-state index in [4.69, 9.17) is 9.47 Å². The highest BCUT2D eigenvalue weighted by molar-refractivity contribution is 6.00. The van der Waals surface area contributed by atoms with Crippen LogP contribution in [0.2, 0.25) is 0 Å². The topological polar surface area (TPSA) is 52.6 Å². The molecule has 1 rings (SSSR count). The fourth-order valence-corrected chi connectivity index (χ4v) is 1.50. The molecule has 106 valence electrons. The number of hydrogen-bond donors (Lipinski definition) is 0. The van der Waals surface area contributed by atoms with Gasteiger partial charge >= 0.3 is 5.97 Å². The fraction of sp³-hybridized carbons (Fsp3) is 0.250. The number of benzene rings is 1. The van der Waals surface area contributed by atoms with Crippen LogP contribution in [0.15, 0.2) is 48.6 Å². The van der Waals surface area contributed by atoms with Gasteiger partial charge in [-0.15, -0.1) is 0 Å². The number of rotatable bonds is 6. The zero-order valence-corrected chi connectivity index (χ0v) is 11.8. The Balaban J connectivity index is 2.64. The Morgan fingerprint density at radius 2 is 1.80 bits per heavy atom. The van der Waals surface area contributed by atoms with E-state index in [1.165, 1.54) is 6.08 Å². The molecule has 0 heterocycles. The van der Waals surface area contributed by atoms with Crippen molar-refractivity contribution in [2.45, 2.75) is 20.0 Å². The molecule has 0 unspecified atom stereocenters. The Bertz CT molecular complexity index is 512. The standard InChI is InChI=1S/C16H18O4/c1-4-5-6-7-15(17)20-12(2)16(18)13-8-10-14(19-3)11-9-13/h4-12H,1-3H3/b5-4+,7-6+/t12-/m1/s1. The van der Waals surface area contributed by atoms with Gasteiger partial charge < -0.3 is 9.47 Å². The third-order valence-corrected chi connectivity index (χ3v) is 2.57. The molecular formula is C16H18O4. The molecule has 4 nitrogen and oxygen atoms in total. The molecule has 0 aliphatic rings. The van der Waals surface area contributed by atoms with Crippen molar-refractivity contribution in [2.75, 3.05) is 7.11 Å². The molecule has 1 aromatic carbocycles. The first kappa shape index (κ1) is 15.7. The van der Waals surface area contributed by atoms with Crippen LogP contribution in [0.25, 0.3) is 0 Å². The van der Waals surface area contributed by atoms with Gasteiger partial charge in [0.2, 0.25) is 5.78 Å². The predicted octanol–water partition coefficient (Wildman–Crippen LogP) is 2.94. The van der Waals surface area contributed by atoms with E-state index in [0.717, 1.165) is 0 Å². The molecule has 0 radical (unpaired) electrons. The number of esters is 1. The van der Waals surface area contributed by atoms with E-state index in [9.17, 15) is 9.59 Å². The zero-order valence-electron chi connectivity index (χ0n) is 11.8. The Kier molecular flexibility index (Phi) is 6.23. The molecule has 4 heteroatoms. The van der Waals surface area contributed by atoms with Crippen LogP contribution in [0.1, 0.15) is 24.2 Å². The second-order valence-corrected chi connectivity index (χ2v) is 4.06. The lowest BCUT2D eigenvalue weighted by molar-refractivity contribution is -0.140.